The summed E-state index contributed by atoms with van der Waals surface area (Å²) in [5.41, 5.74) is 8.29. The van der Waals surface area contributed by atoms with Crippen molar-refractivity contribution >= 4 is 6.09 Å². The zero-order valence-electron chi connectivity index (χ0n) is 19.5. The number of carbonyl (C=O) groups excluding carboxylic acids is 1. The first-order chi connectivity index (χ1) is 15.3. The maximum atomic E-state index is 12.9. The van der Waals surface area contributed by atoms with Crippen molar-refractivity contribution < 1.29 is 9.53 Å². The minimum absolute atomic E-state index is 0.349. The fourth-order valence-electron chi connectivity index (χ4n) is 3.52. The summed E-state index contributed by atoms with van der Waals surface area (Å²) in [5, 5.41) is 0. The lowest BCUT2D eigenvalue weighted by atomic mass is 9.88. The van der Waals surface area contributed by atoms with Crippen molar-refractivity contribution in [2.24, 2.45) is 11.1 Å². The third kappa shape index (κ3) is 5.98. The van der Waals surface area contributed by atoms with Gasteiger partial charge in [0.2, 0.25) is 0 Å². The van der Waals surface area contributed by atoms with Crippen LogP contribution < -0.4 is 5.73 Å². The van der Waals surface area contributed by atoms with Crippen LogP contribution in [0.3, 0.4) is 0 Å². The smallest absolute Gasteiger partial charge is 0.410 e. The Kier molecular flexibility index (Phi) is 7.70. The number of aromatic nitrogens is 2. The summed E-state index contributed by atoms with van der Waals surface area (Å²) in [7, 11) is 1.74. The molecule has 0 spiro atoms. The predicted octanol–water partition coefficient (Wildman–Crippen LogP) is 5.10. The summed E-state index contributed by atoms with van der Waals surface area (Å²) in [6.45, 7) is 7.92. The van der Waals surface area contributed by atoms with E-state index in [9.17, 15) is 4.79 Å². The largest absolute Gasteiger partial charge is 0.437 e. The van der Waals surface area contributed by atoms with Gasteiger partial charge in [-0.25, -0.2) is 9.78 Å². The number of nitrogens with two attached hydrogens (primary N) is 1. The molecule has 6 nitrogen and oxygen atoms in total. The summed E-state index contributed by atoms with van der Waals surface area (Å²) >= 11 is 0. The molecular formula is C26H34N4O2. The maximum absolute atomic E-state index is 12.9. The minimum Gasteiger partial charge on any atom is -0.437 e. The van der Waals surface area contributed by atoms with E-state index in [4.69, 9.17) is 15.5 Å². The molecule has 0 aliphatic rings. The normalized spacial score (nSPS) is 12.4. The number of carbonyl (C=O) groups is 1. The van der Waals surface area contributed by atoms with Gasteiger partial charge in [0.15, 0.2) is 11.9 Å². The van der Waals surface area contributed by atoms with Gasteiger partial charge < -0.3 is 19.9 Å². The number of hydrogen-bond acceptors (Lipinski definition) is 4. The second-order valence-corrected chi connectivity index (χ2v) is 9.16. The molecule has 1 atom stereocenters. The van der Waals surface area contributed by atoms with Crippen LogP contribution in [0.2, 0.25) is 0 Å². The number of hydrogen-bond donors (Lipinski definition) is 1. The monoisotopic (exact) mass is 434 g/mol. The van der Waals surface area contributed by atoms with Gasteiger partial charge in [0, 0.05) is 37.3 Å². The zero-order chi connectivity index (χ0) is 23.1. The van der Waals surface area contributed by atoms with Gasteiger partial charge in [0.05, 0.1) is 5.69 Å². The lowest BCUT2D eigenvalue weighted by molar-refractivity contribution is 0.00550. The van der Waals surface area contributed by atoms with Crippen LogP contribution in [0.1, 0.15) is 44.7 Å². The van der Waals surface area contributed by atoms with Gasteiger partial charge in [0.1, 0.15) is 0 Å². The average Bonchev–Trinajstić information content (AvgIpc) is 3.19. The Labute approximate surface area is 191 Å². The van der Waals surface area contributed by atoms with E-state index in [0.29, 0.717) is 19.6 Å². The van der Waals surface area contributed by atoms with Crippen LogP contribution in [-0.2, 0) is 11.3 Å². The Morgan fingerprint density at radius 3 is 2.31 bits per heavy atom. The molecule has 2 aromatic carbocycles. The van der Waals surface area contributed by atoms with Gasteiger partial charge >= 0.3 is 6.09 Å². The van der Waals surface area contributed by atoms with E-state index in [1.807, 2.05) is 54.7 Å². The standard InChI is InChI=1S/C26H34N4O2/c1-26(2,3)23(32-25(31)29(4)17-11-16-27)24-28-22(21-14-9-6-10-15-21)19-30(24)18-20-12-7-5-8-13-20/h5-10,12-15,19,23H,11,16-18,27H2,1-4H3/t23-/m0/s1. The Bertz CT molecular complexity index is 994. The highest BCUT2D eigenvalue weighted by molar-refractivity contribution is 5.67. The van der Waals surface area contributed by atoms with Crippen LogP contribution in [-0.4, -0.2) is 40.7 Å². The Morgan fingerprint density at radius 1 is 1.09 bits per heavy atom. The average molecular weight is 435 g/mol. The summed E-state index contributed by atoms with van der Waals surface area (Å²) in [6.07, 6.45) is 1.89. The van der Waals surface area contributed by atoms with Gasteiger partial charge in [0.25, 0.3) is 0 Å². The molecule has 1 heterocycles. The van der Waals surface area contributed by atoms with E-state index in [0.717, 1.165) is 29.1 Å². The van der Waals surface area contributed by atoms with Crippen LogP contribution >= 0.6 is 0 Å². The van der Waals surface area contributed by atoms with E-state index in [1.54, 1.807) is 11.9 Å². The molecule has 0 aliphatic heterocycles. The molecule has 0 unspecified atom stereocenters. The molecule has 170 valence electrons. The predicted molar refractivity (Wildman–Crippen MR) is 128 cm³/mol. The van der Waals surface area contributed by atoms with Gasteiger partial charge in [-0.2, -0.15) is 0 Å². The summed E-state index contributed by atoms with van der Waals surface area (Å²) < 4.78 is 8.15. The van der Waals surface area contributed by atoms with Crippen molar-refractivity contribution in [3.05, 3.63) is 78.2 Å². The van der Waals surface area contributed by atoms with Crippen molar-refractivity contribution in [3.63, 3.8) is 0 Å². The van der Waals surface area contributed by atoms with Crippen molar-refractivity contribution in [1.82, 2.24) is 14.5 Å². The number of benzene rings is 2. The van der Waals surface area contributed by atoms with Gasteiger partial charge in [-0.15, -0.1) is 0 Å². The molecule has 3 rings (SSSR count). The molecule has 0 fully saturated rings. The van der Waals surface area contributed by atoms with Crippen LogP contribution in [0, 0.1) is 5.41 Å². The molecule has 32 heavy (non-hydrogen) atoms. The highest BCUT2D eigenvalue weighted by Crippen LogP contribution is 2.37. The second kappa shape index (κ2) is 10.5. The summed E-state index contributed by atoms with van der Waals surface area (Å²) in [5.74, 6) is 0.737. The highest BCUT2D eigenvalue weighted by Gasteiger charge is 2.35. The lowest BCUT2D eigenvalue weighted by Gasteiger charge is -2.31. The molecule has 6 heteroatoms. The topological polar surface area (TPSA) is 73.4 Å². The van der Waals surface area contributed by atoms with Crippen LogP contribution in [0.4, 0.5) is 4.79 Å². The Hall–Kier alpha value is -3.12. The number of rotatable bonds is 8. The zero-order valence-corrected chi connectivity index (χ0v) is 19.5. The molecule has 0 saturated heterocycles. The quantitative estimate of drug-likeness (QED) is 0.535. The van der Waals surface area contributed by atoms with Crippen molar-refractivity contribution in [2.45, 2.75) is 39.8 Å². The first-order valence-electron chi connectivity index (χ1n) is 11.1. The maximum Gasteiger partial charge on any atom is 0.410 e. The highest BCUT2D eigenvalue weighted by atomic mass is 16.6. The molecular weight excluding hydrogens is 400 g/mol. The van der Waals surface area contributed by atoms with Crippen LogP contribution in [0.25, 0.3) is 11.3 Å². The minimum atomic E-state index is -0.517. The fourth-order valence-corrected chi connectivity index (χ4v) is 3.52. The molecule has 1 amide bonds. The number of ether oxygens (including phenoxy) is 1. The first-order valence-corrected chi connectivity index (χ1v) is 11.1. The summed E-state index contributed by atoms with van der Waals surface area (Å²) in [4.78, 5) is 19.4. The van der Waals surface area contributed by atoms with Crippen LogP contribution in [0.5, 0.6) is 0 Å². The van der Waals surface area contributed by atoms with Gasteiger partial charge in [-0.3, -0.25) is 0 Å². The fraction of sp³-hybridized carbons (Fsp3) is 0.385. The van der Waals surface area contributed by atoms with Crippen molar-refractivity contribution in [3.8, 4) is 11.3 Å². The third-order valence-corrected chi connectivity index (χ3v) is 5.32. The number of imidazole rings is 1. The molecule has 0 aliphatic carbocycles. The molecule has 0 saturated carbocycles. The molecule has 0 radical (unpaired) electrons. The number of nitrogens with zero attached hydrogens (tertiary/aromatic N) is 3. The van der Waals surface area contributed by atoms with E-state index < -0.39 is 6.10 Å². The third-order valence-electron chi connectivity index (χ3n) is 5.32. The SMILES string of the molecule is CN(CCCN)C(=O)O[C@@H](c1nc(-c2ccccc2)cn1Cc1ccccc1)C(C)(C)C. The molecule has 3 aromatic rings. The first kappa shape index (κ1) is 23.5. The van der Waals surface area contributed by atoms with E-state index >= 15 is 0 Å². The van der Waals surface area contributed by atoms with Gasteiger partial charge in [-0.05, 0) is 18.5 Å². The molecule has 2 N–H and O–H groups in total. The molecule has 1 aromatic heterocycles. The molecule has 0 bridgehead atoms. The van der Waals surface area contributed by atoms with E-state index in [-0.39, 0.29) is 11.5 Å². The lowest BCUT2D eigenvalue weighted by Crippen LogP contribution is -2.34. The Balaban J connectivity index is 2.00. The number of amides is 1. The van der Waals surface area contributed by atoms with Gasteiger partial charge in [-0.1, -0.05) is 81.4 Å². The van der Waals surface area contributed by atoms with Crippen molar-refractivity contribution in [1.29, 1.82) is 0 Å². The van der Waals surface area contributed by atoms with E-state index in [2.05, 4.69) is 37.5 Å². The summed E-state index contributed by atoms with van der Waals surface area (Å²) in [6, 6.07) is 20.3. The van der Waals surface area contributed by atoms with Crippen molar-refractivity contribution in [2.75, 3.05) is 20.1 Å². The van der Waals surface area contributed by atoms with E-state index in [1.165, 1.54) is 0 Å². The van der Waals surface area contributed by atoms with Crippen LogP contribution in [0.15, 0.2) is 66.9 Å². The Morgan fingerprint density at radius 2 is 1.72 bits per heavy atom. The second-order valence-electron chi connectivity index (χ2n) is 9.16.